The fourth-order valence-electron chi connectivity index (χ4n) is 4.93. The average molecular weight is 527 g/mol. The van der Waals surface area contributed by atoms with Gasteiger partial charge < -0.3 is 34.6 Å². The predicted molar refractivity (Wildman–Crippen MR) is 138 cm³/mol. The summed E-state index contributed by atoms with van der Waals surface area (Å²) in [4.78, 5) is 0. The summed E-state index contributed by atoms with van der Waals surface area (Å²) in [5.74, 6) is 1.74. The van der Waals surface area contributed by atoms with Crippen LogP contribution < -0.4 is 9.47 Å². The molecule has 1 saturated heterocycles. The van der Waals surface area contributed by atoms with Gasteiger partial charge in [0.25, 0.3) is 0 Å². The van der Waals surface area contributed by atoms with Crippen molar-refractivity contribution in [1.82, 2.24) is 0 Å². The van der Waals surface area contributed by atoms with Gasteiger partial charge in [0.1, 0.15) is 48.1 Å². The Balaban J connectivity index is 1.18. The van der Waals surface area contributed by atoms with E-state index in [-0.39, 0.29) is 6.10 Å². The highest BCUT2D eigenvalue weighted by molar-refractivity contribution is 6.31. The van der Waals surface area contributed by atoms with E-state index in [1.54, 1.807) is 12.1 Å². The zero-order valence-corrected chi connectivity index (χ0v) is 21.0. The van der Waals surface area contributed by atoms with Crippen molar-refractivity contribution in [1.29, 1.82) is 0 Å². The summed E-state index contributed by atoms with van der Waals surface area (Å²) in [6.45, 7) is 0.0859. The Morgan fingerprint density at radius 3 is 2.46 bits per heavy atom. The van der Waals surface area contributed by atoms with E-state index >= 15 is 0 Å². The number of hydrogen-bond acceptors (Lipinski definition) is 7. The van der Waals surface area contributed by atoms with Gasteiger partial charge in [-0.3, -0.25) is 0 Å². The molecule has 196 valence electrons. The number of aliphatic hydroxyl groups is 4. The minimum absolute atomic E-state index is 0.134. The van der Waals surface area contributed by atoms with Gasteiger partial charge in [0.05, 0.1) is 13.2 Å². The molecule has 1 unspecified atom stereocenters. The molecule has 5 rings (SSSR count). The highest BCUT2D eigenvalue weighted by Gasteiger charge is 2.44. The van der Waals surface area contributed by atoms with Crippen LogP contribution in [0.4, 0.5) is 0 Å². The molecule has 3 aromatic carbocycles. The van der Waals surface area contributed by atoms with Crippen molar-refractivity contribution in [3.63, 3.8) is 0 Å². The van der Waals surface area contributed by atoms with Crippen molar-refractivity contribution >= 4 is 11.6 Å². The second kappa shape index (κ2) is 11.4. The zero-order valence-electron chi connectivity index (χ0n) is 20.2. The van der Waals surface area contributed by atoms with Gasteiger partial charge in [0.2, 0.25) is 0 Å². The Labute approximate surface area is 220 Å². The Morgan fingerprint density at radius 1 is 0.919 bits per heavy atom. The van der Waals surface area contributed by atoms with E-state index in [4.69, 9.17) is 25.8 Å². The molecule has 0 radical (unpaired) electrons. The maximum Gasteiger partial charge on any atom is 0.123 e. The number of fused-ring (bicyclic) bond motifs is 1. The molecule has 7 nitrogen and oxygen atoms in total. The molecular weight excluding hydrogens is 496 g/mol. The lowest BCUT2D eigenvalue weighted by molar-refractivity contribution is -0.231. The van der Waals surface area contributed by atoms with E-state index in [2.05, 4.69) is 6.07 Å². The van der Waals surface area contributed by atoms with Crippen LogP contribution in [-0.4, -0.2) is 64.2 Å². The van der Waals surface area contributed by atoms with Crippen LogP contribution in [0.2, 0.25) is 5.02 Å². The maximum absolute atomic E-state index is 10.5. The van der Waals surface area contributed by atoms with E-state index in [0.29, 0.717) is 23.6 Å². The Kier molecular flexibility index (Phi) is 8.00. The maximum atomic E-state index is 10.5. The number of halogens is 1. The van der Waals surface area contributed by atoms with E-state index in [9.17, 15) is 20.4 Å². The molecule has 2 heterocycles. The summed E-state index contributed by atoms with van der Waals surface area (Å²) in [6.07, 6.45) is -3.66. The molecule has 0 bridgehead atoms. The lowest BCUT2D eigenvalue weighted by Crippen LogP contribution is -2.55. The van der Waals surface area contributed by atoms with Crippen molar-refractivity contribution in [3.05, 3.63) is 94.0 Å². The quantitative estimate of drug-likeness (QED) is 0.357. The summed E-state index contributed by atoms with van der Waals surface area (Å²) < 4.78 is 17.6. The fraction of sp³-hybridized carbons (Fsp3) is 0.379. The van der Waals surface area contributed by atoms with Gasteiger partial charge in [-0.2, -0.15) is 0 Å². The molecule has 0 spiro atoms. The van der Waals surface area contributed by atoms with Crippen LogP contribution in [0.5, 0.6) is 11.5 Å². The summed E-state index contributed by atoms with van der Waals surface area (Å²) in [6, 6.07) is 21.2. The molecule has 8 heteroatoms. The Morgan fingerprint density at radius 2 is 1.70 bits per heavy atom. The summed E-state index contributed by atoms with van der Waals surface area (Å²) in [7, 11) is 0. The van der Waals surface area contributed by atoms with Crippen LogP contribution >= 0.6 is 11.6 Å². The topological polar surface area (TPSA) is 109 Å². The van der Waals surface area contributed by atoms with Crippen LogP contribution in [0.3, 0.4) is 0 Å². The first-order chi connectivity index (χ1) is 17.9. The predicted octanol–water partition coefficient (Wildman–Crippen LogP) is 3.22. The molecule has 3 aromatic rings. The average Bonchev–Trinajstić information content (AvgIpc) is 3.33. The van der Waals surface area contributed by atoms with E-state index < -0.39 is 37.1 Å². The minimum atomic E-state index is -1.43. The summed E-state index contributed by atoms with van der Waals surface area (Å²) >= 11 is 6.46. The van der Waals surface area contributed by atoms with Crippen molar-refractivity contribution in [2.75, 3.05) is 13.2 Å². The van der Waals surface area contributed by atoms with Gasteiger partial charge in [-0.25, -0.2) is 0 Å². The zero-order chi connectivity index (χ0) is 25.9. The SMILES string of the molecule is OC[C@H]1O[C@@H](c2ccc(Cl)c(Cc3ccc(OCCC4Cc5ccccc5O4)cc3)c2)[C@H](O)[C@@H](O)[C@@H]1O. The van der Waals surface area contributed by atoms with Crippen molar-refractivity contribution in [3.8, 4) is 11.5 Å². The third-order valence-corrected chi connectivity index (χ3v) is 7.40. The number of para-hydroxylation sites is 1. The molecule has 0 aliphatic carbocycles. The molecule has 37 heavy (non-hydrogen) atoms. The lowest BCUT2D eigenvalue weighted by Gasteiger charge is -2.40. The van der Waals surface area contributed by atoms with Crippen molar-refractivity contribution in [2.24, 2.45) is 0 Å². The molecule has 1 fully saturated rings. The molecule has 2 aliphatic heterocycles. The second-order valence-electron chi connectivity index (χ2n) is 9.61. The van der Waals surface area contributed by atoms with Crippen LogP contribution in [0, 0.1) is 0 Å². The summed E-state index contributed by atoms with van der Waals surface area (Å²) in [5.41, 5.74) is 3.69. The monoisotopic (exact) mass is 526 g/mol. The van der Waals surface area contributed by atoms with Gasteiger partial charge in [-0.05, 0) is 52.9 Å². The third kappa shape index (κ3) is 5.77. The number of aliphatic hydroxyl groups excluding tert-OH is 4. The smallest absolute Gasteiger partial charge is 0.123 e. The minimum Gasteiger partial charge on any atom is -0.493 e. The van der Waals surface area contributed by atoms with E-state index in [1.165, 1.54) is 5.56 Å². The Hall–Kier alpha value is -2.65. The van der Waals surface area contributed by atoms with Gasteiger partial charge in [0, 0.05) is 17.9 Å². The number of rotatable bonds is 8. The van der Waals surface area contributed by atoms with Crippen LogP contribution in [0.15, 0.2) is 66.7 Å². The number of benzene rings is 3. The van der Waals surface area contributed by atoms with Crippen molar-refractivity contribution < 1.29 is 34.6 Å². The van der Waals surface area contributed by atoms with Gasteiger partial charge >= 0.3 is 0 Å². The first-order valence-electron chi connectivity index (χ1n) is 12.5. The largest absolute Gasteiger partial charge is 0.493 e. The first-order valence-corrected chi connectivity index (χ1v) is 12.9. The molecular formula is C29H31ClO7. The normalized spacial score (nSPS) is 26.9. The highest BCUT2D eigenvalue weighted by Crippen LogP contribution is 2.34. The standard InChI is InChI=1S/C29H31ClO7/c30-23-10-7-19(29-28(34)27(33)26(32)25(16-31)37-29)14-20(23)13-17-5-8-21(9-6-17)35-12-11-22-15-18-3-1-2-4-24(18)36-22/h1-10,14,22,25-29,31-34H,11-13,15-16H2/t22?,25-,26-,27+,28-,29+/m1/s1. The molecule has 0 saturated carbocycles. The lowest BCUT2D eigenvalue weighted by atomic mass is 9.90. The van der Waals surface area contributed by atoms with Gasteiger partial charge in [-0.1, -0.05) is 54.1 Å². The molecule has 6 atom stereocenters. The van der Waals surface area contributed by atoms with Crippen LogP contribution in [-0.2, 0) is 17.6 Å². The second-order valence-corrected chi connectivity index (χ2v) is 10.0. The molecule has 4 N–H and O–H groups in total. The van der Waals surface area contributed by atoms with Crippen LogP contribution in [0.25, 0.3) is 0 Å². The third-order valence-electron chi connectivity index (χ3n) is 7.03. The number of ether oxygens (including phenoxy) is 3. The van der Waals surface area contributed by atoms with E-state index in [1.807, 2.05) is 48.5 Å². The van der Waals surface area contributed by atoms with Crippen LogP contribution in [0.1, 0.15) is 34.8 Å². The molecule has 0 amide bonds. The highest BCUT2D eigenvalue weighted by atomic mass is 35.5. The molecule has 0 aromatic heterocycles. The first kappa shape index (κ1) is 26.0. The van der Waals surface area contributed by atoms with Gasteiger partial charge in [0.15, 0.2) is 0 Å². The molecule has 2 aliphatic rings. The summed E-state index contributed by atoms with van der Waals surface area (Å²) in [5, 5.41) is 40.7. The van der Waals surface area contributed by atoms with Gasteiger partial charge in [-0.15, -0.1) is 0 Å². The Bertz CT molecular complexity index is 1170. The van der Waals surface area contributed by atoms with E-state index in [0.717, 1.165) is 35.5 Å². The fourth-order valence-corrected chi connectivity index (χ4v) is 5.12. The van der Waals surface area contributed by atoms with Crippen molar-refractivity contribution in [2.45, 2.75) is 55.9 Å². The number of hydrogen-bond donors (Lipinski definition) is 4.